The van der Waals surface area contributed by atoms with Gasteiger partial charge in [-0.25, -0.2) is 9.07 Å². The molecule has 3 aromatic carbocycles. The zero-order valence-electron chi connectivity index (χ0n) is 20.0. The first-order valence-corrected chi connectivity index (χ1v) is 11.4. The first-order valence-electron chi connectivity index (χ1n) is 11.4. The molecular formula is C28H27FN4O2. The largest absolute Gasteiger partial charge is 0.330 e. The molecule has 4 aromatic rings. The summed E-state index contributed by atoms with van der Waals surface area (Å²) in [6.07, 6.45) is 0. The molecule has 1 aromatic heterocycles. The zero-order valence-corrected chi connectivity index (χ0v) is 20.0. The van der Waals surface area contributed by atoms with E-state index in [4.69, 9.17) is 5.10 Å². The standard InChI is InChI=1S/C28H27FN4O2/c1-4-32(28(35)22-14-16-23(29)17-15-22)18-25(34)30-27-26(21-11-6-5-7-12-21)20(3)31-33(27)24-13-9-8-10-19(24)2/h5-17H,4,18H2,1-3H3,(H,30,34). The summed E-state index contributed by atoms with van der Waals surface area (Å²) in [7, 11) is 0. The molecule has 178 valence electrons. The van der Waals surface area contributed by atoms with Crippen molar-refractivity contribution in [2.24, 2.45) is 0 Å². The summed E-state index contributed by atoms with van der Waals surface area (Å²) in [6, 6.07) is 22.9. The van der Waals surface area contributed by atoms with Gasteiger partial charge < -0.3 is 10.2 Å². The van der Waals surface area contributed by atoms with Crippen LogP contribution in [0.25, 0.3) is 16.8 Å². The van der Waals surface area contributed by atoms with E-state index >= 15 is 0 Å². The van der Waals surface area contributed by atoms with Crippen LogP contribution in [0, 0.1) is 19.7 Å². The van der Waals surface area contributed by atoms with Gasteiger partial charge >= 0.3 is 0 Å². The fourth-order valence-corrected chi connectivity index (χ4v) is 4.02. The first-order chi connectivity index (χ1) is 16.9. The second kappa shape index (κ2) is 10.3. The molecular weight excluding hydrogens is 443 g/mol. The highest BCUT2D eigenvalue weighted by molar-refractivity contribution is 6.01. The summed E-state index contributed by atoms with van der Waals surface area (Å²) in [5.74, 6) is -0.572. The van der Waals surface area contributed by atoms with E-state index in [1.165, 1.54) is 29.2 Å². The SMILES string of the molecule is CCN(CC(=O)Nc1c(-c2ccccc2)c(C)nn1-c1ccccc1C)C(=O)c1ccc(F)cc1. The van der Waals surface area contributed by atoms with E-state index in [2.05, 4.69) is 5.32 Å². The molecule has 6 nitrogen and oxygen atoms in total. The topological polar surface area (TPSA) is 67.2 Å². The van der Waals surface area contributed by atoms with Crippen LogP contribution >= 0.6 is 0 Å². The minimum absolute atomic E-state index is 0.154. The molecule has 0 aliphatic heterocycles. The number of carbonyl (C=O) groups is 2. The summed E-state index contributed by atoms with van der Waals surface area (Å²) in [5, 5.41) is 7.76. The highest BCUT2D eigenvalue weighted by Crippen LogP contribution is 2.34. The third-order valence-electron chi connectivity index (χ3n) is 5.82. The van der Waals surface area contributed by atoms with E-state index in [-0.39, 0.29) is 18.4 Å². The van der Waals surface area contributed by atoms with Crippen molar-refractivity contribution in [2.75, 3.05) is 18.4 Å². The summed E-state index contributed by atoms with van der Waals surface area (Å²) in [5.41, 5.74) is 4.69. The van der Waals surface area contributed by atoms with Crippen molar-refractivity contribution in [1.82, 2.24) is 14.7 Å². The molecule has 1 N–H and O–H groups in total. The van der Waals surface area contributed by atoms with Gasteiger partial charge in [-0.05, 0) is 62.2 Å². The van der Waals surface area contributed by atoms with E-state index in [1.807, 2.05) is 68.4 Å². The number of nitrogens with one attached hydrogen (secondary N) is 1. The Balaban J connectivity index is 1.68. The number of hydrogen-bond acceptors (Lipinski definition) is 3. The Morgan fingerprint density at radius 1 is 0.943 bits per heavy atom. The predicted molar refractivity (Wildman–Crippen MR) is 135 cm³/mol. The van der Waals surface area contributed by atoms with Crippen LogP contribution in [0.3, 0.4) is 0 Å². The van der Waals surface area contributed by atoms with E-state index in [1.54, 1.807) is 11.6 Å². The molecule has 0 atom stereocenters. The molecule has 0 spiro atoms. The second-order valence-corrected chi connectivity index (χ2v) is 8.25. The van der Waals surface area contributed by atoms with Gasteiger partial charge in [-0.1, -0.05) is 48.5 Å². The molecule has 1 heterocycles. The summed E-state index contributed by atoms with van der Waals surface area (Å²) in [4.78, 5) is 27.6. The monoisotopic (exact) mass is 470 g/mol. The first kappa shape index (κ1) is 23.9. The molecule has 0 fully saturated rings. The van der Waals surface area contributed by atoms with Gasteiger partial charge in [-0.15, -0.1) is 0 Å². The lowest BCUT2D eigenvalue weighted by molar-refractivity contribution is -0.116. The van der Waals surface area contributed by atoms with Gasteiger partial charge in [0.25, 0.3) is 5.91 Å². The van der Waals surface area contributed by atoms with E-state index in [0.717, 1.165) is 28.1 Å². The Kier molecular flexibility index (Phi) is 7.06. The molecule has 0 bridgehead atoms. The minimum Gasteiger partial charge on any atom is -0.330 e. The maximum absolute atomic E-state index is 13.3. The van der Waals surface area contributed by atoms with Crippen molar-refractivity contribution < 1.29 is 14.0 Å². The van der Waals surface area contributed by atoms with Gasteiger partial charge in [0.1, 0.15) is 18.2 Å². The number of nitrogens with zero attached hydrogens (tertiary/aromatic N) is 3. The molecule has 0 aliphatic carbocycles. The van der Waals surface area contributed by atoms with Gasteiger partial charge in [0, 0.05) is 17.7 Å². The van der Waals surface area contributed by atoms with Gasteiger partial charge in [0.05, 0.1) is 11.4 Å². The Labute approximate surface area is 204 Å². The van der Waals surface area contributed by atoms with Crippen molar-refractivity contribution >= 4 is 17.6 Å². The summed E-state index contributed by atoms with van der Waals surface area (Å²) in [6.45, 7) is 5.86. The molecule has 0 saturated carbocycles. The number of hydrogen-bond donors (Lipinski definition) is 1. The lowest BCUT2D eigenvalue weighted by Crippen LogP contribution is -2.38. The number of amides is 2. The van der Waals surface area contributed by atoms with E-state index in [9.17, 15) is 14.0 Å². The van der Waals surface area contributed by atoms with Crippen molar-refractivity contribution in [2.45, 2.75) is 20.8 Å². The normalized spacial score (nSPS) is 10.7. The molecule has 0 aliphatic rings. The highest BCUT2D eigenvalue weighted by atomic mass is 19.1. The van der Waals surface area contributed by atoms with Gasteiger partial charge in [0.15, 0.2) is 0 Å². The van der Waals surface area contributed by atoms with Crippen molar-refractivity contribution in [1.29, 1.82) is 0 Å². The third kappa shape index (κ3) is 5.14. The lowest BCUT2D eigenvalue weighted by Gasteiger charge is -2.21. The maximum atomic E-state index is 13.3. The molecule has 7 heteroatoms. The highest BCUT2D eigenvalue weighted by Gasteiger charge is 2.23. The Morgan fingerprint density at radius 3 is 2.26 bits per heavy atom. The molecule has 0 radical (unpaired) electrons. The predicted octanol–water partition coefficient (Wildman–Crippen LogP) is 5.40. The number of aromatic nitrogens is 2. The van der Waals surface area contributed by atoms with Gasteiger partial charge in [0.2, 0.25) is 5.91 Å². The molecule has 4 rings (SSSR count). The summed E-state index contributed by atoms with van der Waals surface area (Å²) < 4.78 is 15.0. The molecule has 0 saturated heterocycles. The minimum atomic E-state index is -0.421. The second-order valence-electron chi connectivity index (χ2n) is 8.25. The summed E-state index contributed by atoms with van der Waals surface area (Å²) >= 11 is 0. The smallest absolute Gasteiger partial charge is 0.254 e. The lowest BCUT2D eigenvalue weighted by atomic mass is 10.1. The average Bonchev–Trinajstić information content (AvgIpc) is 3.18. The van der Waals surface area contributed by atoms with Crippen LogP contribution < -0.4 is 5.32 Å². The average molecular weight is 471 g/mol. The van der Waals surface area contributed by atoms with Crippen LogP contribution in [0.15, 0.2) is 78.9 Å². The number of halogens is 1. The number of para-hydroxylation sites is 1. The van der Waals surface area contributed by atoms with Crippen LogP contribution in [-0.4, -0.2) is 39.6 Å². The Hall–Kier alpha value is -4.26. The fourth-order valence-electron chi connectivity index (χ4n) is 4.02. The van der Waals surface area contributed by atoms with Crippen LogP contribution in [0.4, 0.5) is 10.2 Å². The quantitative estimate of drug-likeness (QED) is 0.394. The van der Waals surface area contributed by atoms with E-state index in [0.29, 0.717) is 17.9 Å². The third-order valence-corrected chi connectivity index (χ3v) is 5.82. The van der Waals surface area contributed by atoms with Crippen molar-refractivity contribution in [3.8, 4) is 16.8 Å². The van der Waals surface area contributed by atoms with Gasteiger partial charge in [-0.2, -0.15) is 5.10 Å². The Bertz CT molecular complexity index is 1350. The number of benzene rings is 3. The number of aryl methyl sites for hydroxylation is 2. The van der Waals surface area contributed by atoms with Crippen LogP contribution in [0.2, 0.25) is 0 Å². The van der Waals surface area contributed by atoms with Crippen LogP contribution in [0.5, 0.6) is 0 Å². The van der Waals surface area contributed by atoms with Crippen molar-refractivity contribution in [3.05, 3.63) is 102 Å². The number of anilines is 1. The number of rotatable bonds is 7. The maximum Gasteiger partial charge on any atom is 0.254 e. The van der Waals surface area contributed by atoms with Crippen LogP contribution in [0.1, 0.15) is 28.5 Å². The molecule has 0 unspecified atom stereocenters. The number of carbonyl (C=O) groups excluding carboxylic acids is 2. The van der Waals surface area contributed by atoms with Gasteiger partial charge in [-0.3, -0.25) is 9.59 Å². The Morgan fingerprint density at radius 2 is 1.60 bits per heavy atom. The number of likely N-dealkylation sites (N-methyl/N-ethyl adjacent to an activating group) is 1. The van der Waals surface area contributed by atoms with E-state index < -0.39 is 5.82 Å². The fraction of sp³-hybridized carbons (Fsp3) is 0.179. The molecule has 35 heavy (non-hydrogen) atoms. The van der Waals surface area contributed by atoms with Crippen molar-refractivity contribution in [3.63, 3.8) is 0 Å². The zero-order chi connectivity index (χ0) is 24.9. The van der Waals surface area contributed by atoms with Crippen LogP contribution in [-0.2, 0) is 4.79 Å². The molecule has 2 amide bonds.